The lowest BCUT2D eigenvalue weighted by molar-refractivity contribution is -0.117. The molecule has 0 fully saturated rings. The van der Waals surface area contributed by atoms with Gasteiger partial charge in [-0.1, -0.05) is 6.07 Å². The van der Waals surface area contributed by atoms with E-state index in [1.54, 1.807) is 25.2 Å². The van der Waals surface area contributed by atoms with Crippen molar-refractivity contribution in [3.63, 3.8) is 0 Å². The van der Waals surface area contributed by atoms with E-state index >= 15 is 0 Å². The first kappa shape index (κ1) is 14.5. The Morgan fingerprint density at radius 1 is 1.39 bits per heavy atom. The molecule has 0 aliphatic heterocycles. The van der Waals surface area contributed by atoms with Gasteiger partial charge in [0.05, 0.1) is 0 Å². The number of amides is 2. The number of hydrogen-bond donors (Lipinski definition) is 1. The molecule has 4 nitrogen and oxygen atoms in total. The Balaban J connectivity index is 2.70. The summed E-state index contributed by atoms with van der Waals surface area (Å²) in [5.74, 6) is 0.347. The maximum Gasteiger partial charge on any atom is 0.224 e. The average Bonchev–Trinajstić information content (AvgIpc) is 2.35. The average molecular weight is 269 g/mol. The molecule has 0 radical (unpaired) electrons. The summed E-state index contributed by atoms with van der Waals surface area (Å²) >= 11 is 5.53. The molecule has 0 aromatic heterocycles. The highest BCUT2D eigenvalue weighted by atomic mass is 35.5. The van der Waals surface area contributed by atoms with E-state index in [0.29, 0.717) is 24.4 Å². The van der Waals surface area contributed by atoms with Crippen LogP contribution in [0, 0.1) is 0 Å². The summed E-state index contributed by atoms with van der Waals surface area (Å²) < 4.78 is 0. The van der Waals surface area contributed by atoms with Gasteiger partial charge >= 0.3 is 0 Å². The molecule has 5 heteroatoms. The largest absolute Gasteiger partial charge is 0.326 e. The van der Waals surface area contributed by atoms with Crippen molar-refractivity contribution in [2.45, 2.75) is 19.8 Å². The van der Waals surface area contributed by atoms with Crippen molar-refractivity contribution >= 4 is 34.8 Å². The maximum absolute atomic E-state index is 11.5. The zero-order chi connectivity index (χ0) is 13.5. The normalized spacial score (nSPS) is 9.94. The van der Waals surface area contributed by atoms with E-state index in [4.69, 9.17) is 11.6 Å². The Kier molecular flexibility index (Phi) is 5.65. The molecule has 0 atom stereocenters. The molecule has 0 unspecified atom stereocenters. The van der Waals surface area contributed by atoms with E-state index in [2.05, 4.69) is 5.32 Å². The number of carbonyl (C=O) groups excluding carboxylic acids is 2. The molecule has 1 N–H and O–H groups in total. The second-order valence-corrected chi connectivity index (χ2v) is 4.35. The molecule has 1 rings (SSSR count). The molecular weight excluding hydrogens is 252 g/mol. The van der Waals surface area contributed by atoms with Crippen LogP contribution in [0.2, 0.25) is 0 Å². The summed E-state index contributed by atoms with van der Waals surface area (Å²) in [6, 6.07) is 7.16. The third-order valence-corrected chi connectivity index (χ3v) is 2.79. The first-order valence-corrected chi connectivity index (χ1v) is 6.28. The van der Waals surface area contributed by atoms with Gasteiger partial charge in [0.15, 0.2) is 0 Å². The Bertz CT molecular complexity index is 435. The SMILES string of the molecule is CC(=O)N(C)c1cccc(NC(=O)CCCCl)c1. The van der Waals surface area contributed by atoms with Crippen molar-refractivity contribution in [3.8, 4) is 0 Å². The van der Waals surface area contributed by atoms with E-state index in [1.165, 1.54) is 11.8 Å². The highest BCUT2D eigenvalue weighted by molar-refractivity contribution is 6.18. The van der Waals surface area contributed by atoms with Crippen LogP contribution in [0.25, 0.3) is 0 Å². The minimum Gasteiger partial charge on any atom is -0.326 e. The summed E-state index contributed by atoms with van der Waals surface area (Å²) in [6.45, 7) is 1.49. The number of benzene rings is 1. The molecule has 0 heterocycles. The van der Waals surface area contributed by atoms with E-state index in [1.807, 2.05) is 6.07 Å². The number of alkyl halides is 1. The Labute approximate surface area is 112 Å². The quantitative estimate of drug-likeness (QED) is 0.835. The lowest BCUT2D eigenvalue weighted by Gasteiger charge is -2.16. The molecule has 0 saturated heterocycles. The van der Waals surface area contributed by atoms with Gasteiger partial charge in [-0.15, -0.1) is 11.6 Å². The summed E-state index contributed by atoms with van der Waals surface area (Å²) in [4.78, 5) is 24.3. The fraction of sp³-hybridized carbons (Fsp3) is 0.385. The molecule has 0 saturated carbocycles. The Hall–Kier alpha value is -1.55. The van der Waals surface area contributed by atoms with Crippen molar-refractivity contribution in [3.05, 3.63) is 24.3 Å². The van der Waals surface area contributed by atoms with Gasteiger partial charge in [-0.25, -0.2) is 0 Å². The molecule has 2 amide bonds. The minimum absolute atomic E-state index is 0.0550. The van der Waals surface area contributed by atoms with Crippen LogP contribution < -0.4 is 10.2 Å². The van der Waals surface area contributed by atoms with E-state index in [9.17, 15) is 9.59 Å². The summed E-state index contributed by atoms with van der Waals surface area (Å²) in [5.41, 5.74) is 1.43. The predicted molar refractivity (Wildman–Crippen MR) is 74.1 cm³/mol. The lowest BCUT2D eigenvalue weighted by atomic mass is 10.2. The zero-order valence-corrected chi connectivity index (χ0v) is 11.3. The molecule has 0 spiro atoms. The van der Waals surface area contributed by atoms with Crippen LogP contribution >= 0.6 is 11.6 Å². The smallest absolute Gasteiger partial charge is 0.224 e. The number of rotatable bonds is 5. The van der Waals surface area contributed by atoms with Crippen molar-refractivity contribution < 1.29 is 9.59 Å². The van der Waals surface area contributed by atoms with Crippen molar-refractivity contribution in [2.75, 3.05) is 23.1 Å². The van der Waals surface area contributed by atoms with Gasteiger partial charge in [-0.3, -0.25) is 9.59 Å². The second-order valence-electron chi connectivity index (χ2n) is 3.97. The number of nitrogens with zero attached hydrogens (tertiary/aromatic N) is 1. The number of hydrogen-bond acceptors (Lipinski definition) is 2. The topological polar surface area (TPSA) is 49.4 Å². The molecule has 98 valence electrons. The molecule has 1 aromatic rings. The Morgan fingerprint density at radius 3 is 2.72 bits per heavy atom. The maximum atomic E-state index is 11.5. The van der Waals surface area contributed by atoms with Crippen LogP contribution in [0.4, 0.5) is 11.4 Å². The van der Waals surface area contributed by atoms with Crippen LogP contribution in [0.1, 0.15) is 19.8 Å². The molecule has 0 bridgehead atoms. The van der Waals surface area contributed by atoms with Crippen LogP contribution in [0.3, 0.4) is 0 Å². The van der Waals surface area contributed by atoms with Gasteiger partial charge in [0, 0.05) is 37.6 Å². The summed E-state index contributed by atoms with van der Waals surface area (Å²) in [6.07, 6.45) is 1.05. The highest BCUT2D eigenvalue weighted by Gasteiger charge is 2.07. The minimum atomic E-state index is -0.0710. The van der Waals surface area contributed by atoms with Crippen molar-refractivity contribution in [2.24, 2.45) is 0 Å². The van der Waals surface area contributed by atoms with Crippen molar-refractivity contribution in [1.29, 1.82) is 0 Å². The van der Waals surface area contributed by atoms with Gasteiger partial charge in [0.2, 0.25) is 11.8 Å². The summed E-state index contributed by atoms with van der Waals surface area (Å²) in [7, 11) is 1.69. The van der Waals surface area contributed by atoms with Gasteiger partial charge in [-0.2, -0.15) is 0 Å². The highest BCUT2D eigenvalue weighted by Crippen LogP contribution is 2.18. The fourth-order valence-electron chi connectivity index (χ4n) is 1.42. The summed E-state index contributed by atoms with van der Waals surface area (Å²) in [5, 5.41) is 2.78. The fourth-order valence-corrected chi connectivity index (χ4v) is 1.56. The molecule has 1 aromatic carbocycles. The van der Waals surface area contributed by atoms with Crippen molar-refractivity contribution in [1.82, 2.24) is 0 Å². The molecular formula is C13H17ClN2O2. The van der Waals surface area contributed by atoms with Gasteiger partial charge < -0.3 is 10.2 Å². The van der Waals surface area contributed by atoms with Crippen LogP contribution in [0.15, 0.2) is 24.3 Å². The van der Waals surface area contributed by atoms with Gasteiger partial charge in [0.25, 0.3) is 0 Å². The number of anilines is 2. The number of nitrogens with one attached hydrogen (secondary N) is 1. The molecule has 18 heavy (non-hydrogen) atoms. The second kappa shape index (κ2) is 7.01. The standard InChI is InChI=1S/C13H17ClN2O2/c1-10(17)16(2)12-6-3-5-11(9-12)15-13(18)7-4-8-14/h3,5-6,9H,4,7-8H2,1-2H3,(H,15,18). The van der Waals surface area contributed by atoms with Gasteiger partial charge in [0.1, 0.15) is 0 Å². The first-order chi connectivity index (χ1) is 8.54. The van der Waals surface area contributed by atoms with Gasteiger partial charge in [-0.05, 0) is 24.6 Å². The van der Waals surface area contributed by atoms with Crippen LogP contribution in [-0.2, 0) is 9.59 Å². The first-order valence-electron chi connectivity index (χ1n) is 5.74. The zero-order valence-electron chi connectivity index (χ0n) is 10.6. The monoisotopic (exact) mass is 268 g/mol. The third kappa shape index (κ3) is 4.37. The Morgan fingerprint density at radius 2 is 2.11 bits per heavy atom. The molecule has 0 aliphatic rings. The molecule has 0 aliphatic carbocycles. The number of halogens is 1. The lowest BCUT2D eigenvalue weighted by Crippen LogP contribution is -2.23. The number of carbonyl (C=O) groups is 2. The van der Waals surface area contributed by atoms with E-state index < -0.39 is 0 Å². The van der Waals surface area contributed by atoms with E-state index in [-0.39, 0.29) is 11.8 Å². The third-order valence-electron chi connectivity index (χ3n) is 2.53. The van der Waals surface area contributed by atoms with Crippen LogP contribution in [0.5, 0.6) is 0 Å². The van der Waals surface area contributed by atoms with Crippen LogP contribution in [-0.4, -0.2) is 24.7 Å². The van der Waals surface area contributed by atoms with E-state index in [0.717, 1.165) is 5.69 Å². The predicted octanol–water partition coefficient (Wildman–Crippen LogP) is 2.63.